The number of amides is 2. The summed E-state index contributed by atoms with van der Waals surface area (Å²) in [6, 6.07) is 2.59. The predicted octanol–water partition coefficient (Wildman–Crippen LogP) is 1.83. The molecule has 0 fully saturated rings. The predicted molar refractivity (Wildman–Crippen MR) is 73.7 cm³/mol. The van der Waals surface area contributed by atoms with E-state index in [0.29, 0.717) is 13.0 Å². The molecule has 0 aliphatic heterocycles. The van der Waals surface area contributed by atoms with Crippen LogP contribution in [0.3, 0.4) is 0 Å². The molecular formula is C14H18F2N2O3. The molecule has 21 heavy (non-hydrogen) atoms. The number of carbonyl (C=O) groups is 2. The van der Waals surface area contributed by atoms with E-state index in [0.717, 1.165) is 18.2 Å². The minimum absolute atomic E-state index is 0.0972. The fourth-order valence-electron chi connectivity index (χ4n) is 1.45. The number of hydrogen-bond donors (Lipinski definition) is 2. The van der Waals surface area contributed by atoms with Crippen molar-refractivity contribution in [1.29, 1.82) is 0 Å². The summed E-state index contributed by atoms with van der Waals surface area (Å²) in [6.45, 7) is 4.49. The lowest BCUT2D eigenvalue weighted by Gasteiger charge is -2.09. The van der Waals surface area contributed by atoms with E-state index in [1.807, 2.05) is 19.2 Å². The van der Waals surface area contributed by atoms with Crippen LogP contribution in [0.25, 0.3) is 0 Å². The molecule has 0 saturated heterocycles. The third-order valence-electron chi connectivity index (χ3n) is 2.44. The highest BCUT2D eigenvalue weighted by Crippen LogP contribution is 2.14. The number of ether oxygens (including phenoxy) is 1. The maximum absolute atomic E-state index is 13.3. The summed E-state index contributed by atoms with van der Waals surface area (Å²) in [5.74, 6) is -3.49. The molecule has 1 aromatic carbocycles. The van der Waals surface area contributed by atoms with Gasteiger partial charge >= 0.3 is 11.8 Å². The Morgan fingerprint density at radius 2 is 1.95 bits per heavy atom. The Labute approximate surface area is 121 Å². The van der Waals surface area contributed by atoms with Crippen molar-refractivity contribution in [1.82, 2.24) is 5.32 Å². The average molecular weight is 300 g/mol. The highest BCUT2D eigenvalue weighted by Gasteiger charge is 2.15. The number of benzene rings is 1. The lowest BCUT2D eigenvalue weighted by molar-refractivity contribution is -0.136. The first-order valence-electron chi connectivity index (χ1n) is 6.56. The highest BCUT2D eigenvalue weighted by atomic mass is 19.1. The molecule has 0 radical (unpaired) electrons. The molecule has 1 aromatic rings. The van der Waals surface area contributed by atoms with Crippen LogP contribution in [0.4, 0.5) is 14.5 Å². The lowest BCUT2D eigenvalue weighted by atomic mass is 10.3. The summed E-state index contributed by atoms with van der Waals surface area (Å²) in [6.07, 6.45) is 0.644. The molecule has 0 heterocycles. The standard InChI is InChI=1S/C14H18F2N2O3/c1-9(2)21-7-3-6-17-13(19)14(20)18-12-8-10(15)4-5-11(12)16/h4-5,8-9H,3,6-7H2,1-2H3,(H,17,19)(H,18,20). The number of hydrogen-bond acceptors (Lipinski definition) is 3. The summed E-state index contributed by atoms with van der Waals surface area (Å²) >= 11 is 0. The van der Waals surface area contributed by atoms with E-state index in [2.05, 4.69) is 5.32 Å². The number of rotatable bonds is 6. The van der Waals surface area contributed by atoms with Crippen LogP contribution in [0.5, 0.6) is 0 Å². The molecule has 0 aromatic heterocycles. The maximum Gasteiger partial charge on any atom is 0.313 e. The number of nitrogens with one attached hydrogen (secondary N) is 2. The van der Waals surface area contributed by atoms with Gasteiger partial charge in [-0.2, -0.15) is 0 Å². The second-order valence-electron chi connectivity index (χ2n) is 4.61. The Hall–Kier alpha value is -2.02. The van der Waals surface area contributed by atoms with Crippen molar-refractivity contribution in [3.63, 3.8) is 0 Å². The Balaban J connectivity index is 2.37. The zero-order chi connectivity index (χ0) is 15.8. The van der Waals surface area contributed by atoms with Gasteiger partial charge in [0.05, 0.1) is 11.8 Å². The Bertz CT molecular complexity index is 507. The van der Waals surface area contributed by atoms with E-state index >= 15 is 0 Å². The monoisotopic (exact) mass is 300 g/mol. The van der Waals surface area contributed by atoms with E-state index < -0.39 is 23.4 Å². The molecule has 1 rings (SSSR count). The van der Waals surface area contributed by atoms with Crippen LogP contribution in [-0.2, 0) is 14.3 Å². The molecule has 5 nitrogen and oxygen atoms in total. The van der Waals surface area contributed by atoms with Gasteiger partial charge < -0.3 is 15.4 Å². The second kappa shape index (κ2) is 8.31. The highest BCUT2D eigenvalue weighted by molar-refractivity contribution is 6.39. The third kappa shape index (κ3) is 6.31. The lowest BCUT2D eigenvalue weighted by Crippen LogP contribution is -2.36. The van der Waals surface area contributed by atoms with Crippen LogP contribution in [-0.4, -0.2) is 31.1 Å². The SMILES string of the molecule is CC(C)OCCCNC(=O)C(=O)Nc1cc(F)ccc1F. The molecule has 116 valence electrons. The maximum atomic E-state index is 13.3. The fraction of sp³-hybridized carbons (Fsp3) is 0.429. The van der Waals surface area contributed by atoms with Crippen molar-refractivity contribution in [2.45, 2.75) is 26.4 Å². The van der Waals surface area contributed by atoms with Crippen LogP contribution in [0.2, 0.25) is 0 Å². The van der Waals surface area contributed by atoms with Crippen molar-refractivity contribution in [2.75, 3.05) is 18.5 Å². The Morgan fingerprint density at radius 1 is 1.24 bits per heavy atom. The van der Waals surface area contributed by atoms with E-state index in [-0.39, 0.29) is 18.3 Å². The van der Waals surface area contributed by atoms with Crippen molar-refractivity contribution in [3.8, 4) is 0 Å². The van der Waals surface area contributed by atoms with E-state index in [1.165, 1.54) is 0 Å². The first-order valence-corrected chi connectivity index (χ1v) is 6.56. The quantitative estimate of drug-likeness (QED) is 0.622. The van der Waals surface area contributed by atoms with Crippen molar-refractivity contribution >= 4 is 17.5 Å². The van der Waals surface area contributed by atoms with E-state index in [4.69, 9.17) is 4.74 Å². The number of anilines is 1. The molecule has 0 saturated carbocycles. The average Bonchev–Trinajstić information content (AvgIpc) is 2.41. The van der Waals surface area contributed by atoms with E-state index in [9.17, 15) is 18.4 Å². The first kappa shape index (κ1) is 17.0. The minimum atomic E-state index is -1.05. The van der Waals surface area contributed by atoms with Gasteiger partial charge in [0.2, 0.25) is 0 Å². The molecule has 7 heteroatoms. The molecule has 0 aliphatic carbocycles. The van der Waals surface area contributed by atoms with Crippen molar-refractivity contribution < 1.29 is 23.1 Å². The smallest absolute Gasteiger partial charge is 0.313 e. The third-order valence-corrected chi connectivity index (χ3v) is 2.44. The summed E-state index contributed by atoms with van der Waals surface area (Å²) in [5, 5.41) is 4.38. The van der Waals surface area contributed by atoms with Gasteiger partial charge in [0.1, 0.15) is 11.6 Å². The molecular weight excluding hydrogens is 282 g/mol. The molecule has 0 bridgehead atoms. The summed E-state index contributed by atoms with van der Waals surface area (Å²) in [4.78, 5) is 23.0. The topological polar surface area (TPSA) is 67.4 Å². The fourth-order valence-corrected chi connectivity index (χ4v) is 1.45. The van der Waals surface area contributed by atoms with Gasteiger partial charge in [-0.05, 0) is 32.4 Å². The molecule has 2 N–H and O–H groups in total. The zero-order valence-corrected chi connectivity index (χ0v) is 11.9. The van der Waals surface area contributed by atoms with Crippen LogP contribution in [0.1, 0.15) is 20.3 Å². The Morgan fingerprint density at radius 3 is 2.62 bits per heavy atom. The minimum Gasteiger partial charge on any atom is -0.379 e. The van der Waals surface area contributed by atoms with Gasteiger partial charge in [-0.3, -0.25) is 9.59 Å². The normalized spacial score (nSPS) is 10.5. The van der Waals surface area contributed by atoms with Gasteiger partial charge in [-0.1, -0.05) is 0 Å². The van der Waals surface area contributed by atoms with Crippen LogP contribution in [0.15, 0.2) is 18.2 Å². The molecule has 0 aliphatic rings. The molecule has 0 atom stereocenters. The zero-order valence-electron chi connectivity index (χ0n) is 11.9. The van der Waals surface area contributed by atoms with E-state index in [1.54, 1.807) is 0 Å². The van der Waals surface area contributed by atoms with Crippen molar-refractivity contribution in [3.05, 3.63) is 29.8 Å². The van der Waals surface area contributed by atoms with Gasteiger partial charge in [0.15, 0.2) is 0 Å². The van der Waals surface area contributed by atoms with Gasteiger partial charge in [-0.15, -0.1) is 0 Å². The summed E-state index contributed by atoms with van der Waals surface area (Å²) < 4.78 is 31.5. The first-order chi connectivity index (χ1) is 9.90. The molecule has 0 unspecified atom stereocenters. The van der Waals surface area contributed by atoms with Crippen LogP contribution in [0, 0.1) is 11.6 Å². The largest absolute Gasteiger partial charge is 0.379 e. The van der Waals surface area contributed by atoms with Gasteiger partial charge in [-0.25, -0.2) is 8.78 Å². The molecule has 0 spiro atoms. The summed E-state index contributed by atoms with van der Waals surface area (Å²) in [7, 11) is 0. The summed E-state index contributed by atoms with van der Waals surface area (Å²) in [5.41, 5.74) is -0.377. The van der Waals surface area contributed by atoms with Crippen LogP contribution < -0.4 is 10.6 Å². The number of carbonyl (C=O) groups excluding carboxylic acids is 2. The second-order valence-corrected chi connectivity index (χ2v) is 4.61. The van der Waals surface area contributed by atoms with Crippen LogP contribution >= 0.6 is 0 Å². The number of halogens is 2. The van der Waals surface area contributed by atoms with Crippen molar-refractivity contribution in [2.24, 2.45) is 0 Å². The van der Waals surface area contributed by atoms with Gasteiger partial charge in [0, 0.05) is 19.2 Å². The Kier molecular flexibility index (Phi) is 6.74. The molecule has 2 amide bonds. The van der Waals surface area contributed by atoms with Gasteiger partial charge in [0.25, 0.3) is 0 Å².